The molecule has 0 aromatic heterocycles. The number of hydrogen-bond acceptors (Lipinski definition) is 6. The third kappa shape index (κ3) is 6.65. The van der Waals surface area contributed by atoms with Crippen LogP contribution in [0.25, 0.3) is 0 Å². The van der Waals surface area contributed by atoms with Crippen molar-refractivity contribution < 1.29 is 9.72 Å². The van der Waals surface area contributed by atoms with E-state index in [2.05, 4.69) is 20.9 Å². The largest absolute Gasteiger partial charge is 0.362 e. The Morgan fingerprint density at radius 1 is 0.875 bits per heavy atom. The van der Waals surface area contributed by atoms with Crippen LogP contribution in [0.2, 0.25) is 0 Å². The topological polar surface area (TPSA) is 109 Å². The Bertz CT molecular complexity index is 1100. The van der Waals surface area contributed by atoms with E-state index in [1.165, 1.54) is 24.3 Å². The zero-order valence-corrected chi connectivity index (χ0v) is 18.6. The van der Waals surface area contributed by atoms with Gasteiger partial charge in [-0.15, -0.1) is 0 Å². The number of benzene rings is 3. The van der Waals surface area contributed by atoms with Gasteiger partial charge in [-0.2, -0.15) is 10.2 Å². The fourth-order valence-electron chi connectivity index (χ4n) is 2.55. The van der Waals surface area contributed by atoms with E-state index in [1.807, 2.05) is 30.3 Å². The Balaban J connectivity index is 1.68. The van der Waals surface area contributed by atoms with Crippen LogP contribution in [0, 0.1) is 10.1 Å². The monoisotopic (exact) mass is 491 g/mol. The quantitative estimate of drug-likeness (QED) is 0.128. The molecular weight excluding hydrogens is 477 g/mol. The van der Waals surface area contributed by atoms with Gasteiger partial charge in [0.2, 0.25) is 3.79 Å². The first-order valence-electron chi connectivity index (χ1n) is 9.18. The van der Waals surface area contributed by atoms with Crippen molar-refractivity contribution in [1.29, 1.82) is 0 Å². The number of carbonyl (C=O) groups excluding carboxylic acids is 1. The van der Waals surface area contributed by atoms with Crippen LogP contribution in [-0.2, 0) is 0 Å². The van der Waals surface area contributed by atoms with Gasteiger partial charge in [0.25, 0.3) is 11.6 Å². The van der Waals surface area contributed by atoms with Crippen LogP contribution in [0.3, 0.4) is 0 Å². The Hall–Kier alpha value is -3.20. The third-order valence-corrected chi connectivity index (χ3v) is 4.81. The maximum Gasteiger partial charge on any atom is 0.269 e. The van der Waals surface area contributed by atoms with Crippen molar-refractivity contribution in [2.45, 2.75) is 9.96 Å². The summed E-state index contributed by atoms with van der Waals surface area (Å²) in [7, 11) is 0. The van der Waals surface area contributed by atoms with Crippen LogP contribution < -0.4 is 10.6 Å². The number of carbonyl (C=O) groups is 1. The highest BCUT2D eigenvalue weighted by atomic mass is 35.6. The molecule has 0 aliphatic carbocycles. The molecule has 2 N–H and O–H groups in total. The van der Waals surface area contributed by atoms with E-state index in [0.717, 1.165) is 5.69 Å². The number of nitrogens with one attached hydrogen (secondary N) is 2. The summed E-state index contributed by atoms with van der Waals surface area (Å²) in [6.07, 6.45) is -1.09. The molecule has 32 heavy (non-hydrogen) atoms. The molecule has 1 amide bonds. The maximum absolute atomic E-state index is 12.5. The number of non-ortho nitro benzene ring substituents is 1. The molecule has 0 spiro atoms. The van der Waals surface area contributed by atoms with E-state index >= 15 is 0 Å². The standard InChI is InChI=1S/C21H16Cl3N5O3/c22-21(23,24)20(26-19(30)14-6-12-18(13-7-14)29(31)32)25-15-8-10-17(11-9-15)28-27-16-4-2-1-3-5-16/h1-13,20,25H,(H,26,30). The molecule has 0 heterocycles. The number of rotatable bonds is 7. The first-order chi connectivity index (χ1) is 15.2. The van der Waals surface area contributed by atoms with Crippen molar-refractivity contribution in [3.8, 4) is 0 Å². The number of nitrogens with zero attached hydrogens (tertiary/aromatic N) is 3. The highest BCUT2D eigenvalue weighted by molar-refractivity contribution is 6.68. The Labute approximate surface area is 198 Å². The first-order valence-corrected chi connectivity index (χ1v) is 10.3. The summed E-state index contributed by atoms with van der Waals surface area (Å²) in [6.45, 7) is 0. The maximum atomic E-state index is 12.5. The molecule has 0 saturated carbocycles. The molecule has 8 nitrogen and oxygen atoms in total. The van der Waals surface area contributed by atoms with Crippen LogP contribution >= 0.6 is 34.8 Å². The van der Waals surface area contributed by atoms with Gasteiger partial charge in [-0.05, 0) is 48.5 Å². The average molecular weight is 493 g/mol. The number of hydrogen-bond donors (Lipinski definition) is 2. The van der Waals surface area contributed by atoms with Crippen LogP contribution in [-0.4, -0.2) is 20.8 Å². The molecule has 1 unspecified atom stereocenters. The molecule has 1 atom stereocenters. The lowest BCUT2D eigenvalue weighted by molar-refractivity contribution is -0.384. The molecule has 0 bridgehead atoms. The summed E-state index contributed by atoms with van der Waals surface area (Å²) in [5.74, 6) is -0.572. The molecule has 3 aromatic carbocycles. The summed E-state index contributed by atoms with van der Waals surface area (Å²) in [5.41, 5.74) is 1.93. The summed E-state index contributed by atoms with van der Waals surface area (Å²) >= 11 is 18.1. The predicted molar refractivity (Wildman–Crippen MR) is 125 cm³/mol. The minimum atomic E-state index is -1.89. The molecule has 0 aliphatic heterocycles. The molecule has 164 valence electrons. The van der Waals surface area contributed by atoms with Crippen LogP contribution in [0.1, 0.15) is 10.4 Å². The molecular formula is C21H16Cl3N5O3. The van der Waals surface area contributed by atoms with E-state index in [0.29, 0.717) is 11.4 Å². The minimum Gasteiger partial charge on any atom is -0.362 e. The average Bonchev–Trinajstić information content (AvgIpc) is 2.78. The van der Waals surface area contributed by atoms with Crippen LogP contribution in [0.15, 0.2) is 89.1 Å². The lowest BCUT2D eigenvalue weighted by Crippen LogP contribution is -2.49. The van der Waals surface area contributed by atoms with Crippen molar-refractivity contribution in [2.24, 2.45) is 10.2 Å². The third-order valence-electron chi connectivity index (χ3n) is 4.16. The summed E-state index contributed by atoms with van der Waals surface area (Å²) in [5, 5.41) is 24.6. The van der Waals surface area contributed by atoms with E-state index in [-0.39, 0.29) is 11.3 Å². The molecule has 0 fully saturated rings. The lowest BCUT2D eigenvalue weighted by Gasteiger charge is -2.27. The van der Waals surface area contributed by atoms with Crippen LogP contribution in [0.5, 0.6) is 0 Å². The number of amides is 1. The SMILES string of the molecule is O=C(NC(Nc1ccc(N=Nc2ccccc2)cc1)C(Cl)(Cl)Cl)c1ccc([N+](=O)[O-])cc1. The minimum absolute atomic E-state index is 0.137. The van der Waals surface area contributed by atoms with Gasteiger partial charge in [0.1, 0.15) is 6.17 Å². The van der Waals surface area contributed by atoms with E-state index in [4.69, 9.17) is 34.8 Å². The number of alkyl halides is 3. The summed E-state index contributed by atoms with van der Waals surface area (Å²) in [4.78, 5) is 22.7. The fourth-order valence-corrected chi connectivity index (χ4v) is 2.88. The van der Waals surface area contributed by atoms with Gasteiger partial charge >= 0.3 is 0 Å². The van der Waals surface area contributed by atoms with Gasteiger partial charge in [-0.25, -0.2) is 0 Å². The van der Waals surface area contributed by atoms with Crippen LogP contribution in [0.4, 0.5) is 22.7 Å². The second-order valence-electron chi connectivity index (χ2n) is 6.48. The molecule has 0 radical (unpaired) electrons. The van der Waals surface area contributed by atoms with Gasteiger partial charge in [0.05, 0.1) is 16.3 Å². The smallest absolute Gasteiger partial charge is 0.269 e. The summed E-state index contributed by atoms with van der Waals surface area (Å²) in [6, 6.07) is 21.2. The lowest BCUT2D eigenvalue weighted by atomic mass is 10.2. The molecule has 0 aliphatic rings. The van der Waals surface area contributed by atoms with Gasteiger partial charge in [0.15, 0.2) is 0 Å². The zero-order valence-electron chi connectivity index (χ0n) is 16.3. The van der Waals surface area contributed by atoms with Crippen molar-refractivity contribution in [1.82, 2.24) is 5.32 Å². The second-order valence-corrected chi connectivity index (χ2v) is 8.85. The fraction of sp³-hybridized carbons (Fsp3) is 0.0952. The molecule has 0 saturated heterocycles. The Kier molecular flexibility index (Phi) is 7.63. The Morgan fingerprint density at radius 2 is 1.44 bits per heavy atom. The normalized spacial score (nSPS) is 12.3. The summed E-state index contributed by atoms with van der Waals surface area (Å²) < 4.78 is -1.89. The van der Waals surface area contributed by atoms with Crippen molar-refractivity contribution in [3.05, 3.63) is 94.5 Å². The van der Waals surface area contributed by atoms with E-state index in [1.54, 1.807) is 24.3 Å². The van der Waals surface area contributed by atoms with Gasteiger partial charge in [-0.3, -0.25) is 14.9 Å². The second kappa shape index (κ2) is 10.4. The van der Waals surface area contributed by atoms with Crippen molar-refractivity contribution >= 4 is 63.5 Å². The van der Waals surface area contributed by atoms with Crippen molar-refractivity contribution in [2.75, 3.05) is 5.32 Å². The highest BCUT2D eigenvalue weighted by Crippen LogP contribution is 2.32. The highest BCUT2D eigenvalue weighted by Gasteiger charge is 2.34. The van der Waals surface area contributed by atoms with E-state index < -0.39 is 20.8 Å². The zero-order chi connectivity index (χ0) is 23.1. The van der Waals surface area contributed by atoms with Gasteiger partial charge in [-0.1, -0.05) is 53.0 Å². The van der Waals surface area contributed by atoms with Crippen molar-refractivity contribution in [3.63, 3.8) is 0 Å². The first kappa shape index (κ1) is 23.5. The number of nitro groups is 1. The van der Waals surface area contributed by atoms with Gasteiger partial charge in [0, 0.05) is 23.4 Å². The number of azo groups is 1. The van der Waals surface area contributed by atoms with E-state index in [9.17, 15) is 14.9 Å². The Morgan fingerprint density at radius 3 is 1.97 bits per heavy atom. The molecule has 11 heteroatoms. The molecule has 3 aromatic rings. The van der Waals surface area contributed by atoms with Gasteiger partial charge < -0.3 is 10.6 Å². The molecule has 3 rings (SSSR count). The number of anilines is 1. The number of halogens is 3. The number of nitro benzene ring substituents is 1. The predicted octanol–water partition coefficient (Wildman–Crippen LogP) is 6.55.